The molecule has 2 aromatic carbocycles. The molecule has 0 unspecified atom stereocenters. The van der Waals surface area contributed by atoms with Crippen molar-refractivity contribution in [3.8, 4) is 0 Å². The van der Waals surface area contributed by atoms with Crippen LogP contribution in [0.4, 0.5) is 0 Å². The third-order valence-electron chi connectivity index (χ3n) is 7.20. The summed E-state index contributed by atoms with van der Waals surface area (Å²) in [5.74, 6) is 0.832. The van der Waals surface area contributed by atoms with E-state index in [0.29, 0.717) is 13.1 Å². The summed E-state index contributed by atoms with van der Waals surface area (Å²) in [6, 6.07) is 16.5. The number of rotatable bonds is 9. The van der Waals surface area contributed by atoms with Gasteiger partial charge >= 0.3 is 0 Å². The first-order valence-corrected chi connectivity index (χ1v) is 12.4. The minimum absolute atomic E-state index is 0.0501. The highest BCUT2D eigenvalue weighted by Gasteiger charge is 2.31. The summed E-state index contributed by atoms with van der Waals surface area (Å²) in [7, 11) is 0. The number of benzene rings is 2. The van der Waals surface area contributed by atoms with Crippen molar-refractivity contribution in [1.29, 1.82) is 0 Å². The Balaban J connectivity index is 1.78. The first-order chi connectivity index (χ1) is 16.7. The second-order valence-corrected chi connectivity index (χ2v) is 10.1. The van der Waals surface area contributed by atoms with E-state index in [-0.39, 0.29) is 17.1 Å². The molecule has 7 nitrogen and oxygen atoms in total. The molecule has 0 saturated carbocycles. The summed E-state index contributed by atoms with van der Waals surface area (Å²) in [5.41, 5.74) is 4.92. The maximum Gasteiger partial charge on any atom is 0.252 e. The number of tetrazole rings is 1. The van der Waals surface area contributed by atoms with Crippen molar-refractivity contribution >= 4 is 10.9 Å². The summed E-state index contributed by atoms with van der Waals surface area (Å²) in [5, 5.41) is 13.9. The van der Waals surface area contributed by atoms with Crippen LogP contribution in [0.5, 0.6) is 0 Å². The van der Waals surface area contributed by atoms with Gasteiger partial charge in [0, 0.05) is 24.2 Å². The number of aryl methyl sites for hydroxylation is 2. The van der Waals surface area contributed by atoms with Crippen LogP contribution in [-0.2, 0) is 18.6 Å². The van der Waals surface area contributed by atoms with E-state index in [9.17, 15) is 4.79 Å². The fraction of sp³-hybridized carbons (Fsp3) is 0.429. The molecule has 0 fully saturated rings. The van der Waals surface area contributed by atoms with Gasteiger partial charge in [-0.2, -0.15) is 0 Å². The predicted octanol–water partition coefficient (Wildman–Crippen LogP) is 5.43. The second kappa shape index (κ2) is 10.1. The van der Waals surface area contributed by atoms with Crippen molar-refractivity contribution in [2.45, 2.75) is 79.1 Å². The van der Waals surface area contributed by atoms with Crippen molar-refractivity contribution in [2.24, 2.45) is 0 Å². The minimum atomic E-state index is -0.208. The average Bonchev–Trinajstić information content (AvgIpc) is 3.32. The van der Waals surface area contributed by atoms with E-state index in [1.165, 1.54) is 16.7 Å². The van der Waals surface area contributed by atoms with Crippen LogP contribution in [0, 0.1) is 13.8 Å². The van der Waals surface area contributed by atoms with E-state index in [2.05, 4.69) is 85.2 Å². The Labute approximate surface area is 207 Å². The van der Waals surface area contributed by atoms with Crippen LogP contribution in [0.3, 0.4) is 0 Å². The molecule has 0 radical (unpaired) electrons. The quantitative estimate of drug-likeness (QED) is 0.351. The molecule has 0 aliphatic carbocycles. The zero-order chi connectivity index (χ0) is 25.2. The van der Waals surface area contributed by atoms with Gasteiger partial charge in [-0.3, -0.25) is 9.69 Å². The molecular weight excluding hydrogens is 436 g/mol. The molecule has 0 aliphatic rings. The normalized spacial score (nSPS) is 13.0. The molecular formula is C28H36N6O. The van der Waals surface area contributed by atoms with Crippen LogP contribution in [0.1, 0.15) is 74.7 Å². The second-order valence-electron chi connectivity index (χ2n) is 10.1. The molecule has 0 bridgehead atoms. The van der Waals surface area contributed by atoms with E-state index in [0.717, 1.165) is 35.1 Å². The number of H-pyrrole nitrogens is 1. The molecule has 4 aromatic rings. The van der Waals surface area contributed by atoms with Gasteiger partial charge in [0.1, 0.15) is 0 Å². The molecule has 0 aliphatic heterocycles. The van der Waals surface area contributed by atoms with Crippen LogP contribution in [0.2, 0.25) is 0 Å². The number of hydrogen-bond donors (Lipinski definition) is 1. The Hall–Kier alpha value is -3.32. The van der Waals surface area contributed by atoms with Gasteiger partial charge in [-0.25, -0.2) is 4.68 Å². The number of pyridine rings is 1. The molecule has 4 rings (SSSR count). The van der Waals surface area contributed by atoms with E-state index >= 15 is 0 Å². The number of aromatic nitrogens is 5. The van der Waals surface area contributed by atoms with Gasteiger partial charge in [-0.1, -0.05) is 44.2 Å². The lowest BCUT2D eigenvalue weighted by Gasteiger charge is -2.33. The Bertz CT molecular complexity index is 1360. The number of hydrogen-bond acceptors (Lipinski definition) is 5. The van der Waals surface area contributed by atoms with Gasteiger partial charge in [0.2, 0.25) is 0 Å². The SMILES string of the molecule is CC[C@H](c1nnnn1C(C)(C)CC)N(Cc1ccccc1)Cc1cc2cc(C)c(C)cc2[nH]c1=O. The molecule has 0 amide bonds. The molecule has 1 N–H and O–H groups in total. The molecule has 7 heteroatoms. The number of aromatic amines is 1. The Morgan fingerprint density at radius 1 is 1.03 bits per heavy atom. The van der Waals surface area contributed by atoms with Gasteiger partial charge in [0.05, 0.1) is 11.6 Å². The lowest BCUT2D eigenvalue weighted by Crippen LogP contribution is -2.36. The Morgan fingerprint density at radius 3 is 2.43 bits per heavy atom. The number of nitrogens with zero attached hydrogens (tertiary/aromatic N) is 5. The highest BCUT2D eigenvalue weighted by Crippen LogP contribution is 2.30. The molecule has 184 valence electrons. The topological polar surface area (TPSA) is 79.7 Å². The van der Waals surface area contributed by atoms with Crippen LogP contribution >= 0.6 is 0 Å². The minimum Gasteiger partial charge on any atom is -0.322 e. The van der Waals surface area contributed by atoms with Gasteiger partial charge < -0.3 is 4.98 Å². The largest absolute Gasteiger partial charge is 0.322 e. The van der Waals surface area contributed by atoms with Crippen LogP contribution in [0.25, 0.3) is 10.9 Å². The van der Waals surface area contributed by atoms with Gasteiger partial charge in [-0.15, -0.1) is 5.10 Å². The molecule has 1 atom stereocenters. The molecule has 35 heavy (non-hydrogen) atoms. The van der Waals surface area contributed by atoms with Gasteiger partial charge in [0.15, 0.2) is 5.82 Å². The Morgan fingerprint density at radius 2 is 1.74 bits per heavy atom. The van der Waals surface area contributed by atoms with Crippen molar-refractivity contribution in [2.75, 3.05) is 0 Å². The smallest absolute Gasteiger partial charge is 0.252 e. The van der Waals surface area contributed by atoms with Crippen LogP contribution < -0.4 is 5.56 Å². The summed E-state index contributed by atoms with van der Waals surface area (Å²) in [6.07, 6.45) is 1.72. The first kappa shape index (κ1) is 24.8. The molecule has 2 aromatic heterocycles. The summed E-state index contributed by atoms with van der Waals surface area (Å²) in [4.78, 5) is 18.6. The van der Waals surface area contributed by atoms with Crippen molar-refractivity contribution in [1.82, 2.24) is 30.1 Å². The van der Waals surface area contributed by atoms with E-state index in [4.69, 9.17) is 0 Å². The zero-order valence-corrected chi connectivity index (χ0v) is 21.7. The maximum absolute atomic E-state index is 13.2. The third kappa shape index (κ3) is 5.20. The predicted molar refractivity (Wildman–Crippen MR) is 140 cm³/mol. The summed E-state index contributed by atoms with van der Waals surface area (Å²) >= 11 is 0. The van der Waals surface area contributed by atoms with Crippen LogP contribution in [-0.4, -0.2) is 30.1 Å². The summed E-state index contributed by atoms with van der Waals surface area (Å²) < 4.78 is 1.95. The first-order valence-electron chi connectivity index (χ1n) is 12.4. The van der Waals surface area contributed by atoms with Gasteiger partial charge in [0.25, 0.3) is 5.56 Å². The lowest BCUT2D eigenvalue weighted by molar-refractivity contribution is 0.150. The fourth-order valence-corrected chi connectivity index (χ4v) is 4.54. The highest BCUT2D eigenvalue weighted by atomic mass is 16.1. The van der Waals surface area contributed by atoms with E-state index < -0.39 is 0 Å². The third-order valence-corrected chi connectivity index (χ3v) is 7.20. The fourth-order valence-electron chi connectivity index (χ4n) is 4.54. The van der Waals surface area contributed by atoms with Crippen molar-refractivity contribution in [3.05, 3.63) is 87.0 Å². The van der Waals surface area contributed by atoms with Crippen LogP contribution in [0.15, 0.2) is 53.3 Å². The van der Waals surface area contributed by atoms with Crippen molar-refractivity contribution < 1.29 is 0 Å². The highest BCUT2D eigenvalue weighted by molar-refractivity contribution is 5.80. The Kier molecular flexibility index (Phi) is 7.17. The summed E-state index contributed by atoms with van der Waals surface area (Å²) in [6.45, 7) is 13.9. The number of fused-ring (bicyclic) bond motifs is 1. The maximum atomic E-state index is 13.2. The monoisotopic (exact) mass is 472 g/mol. The van der Waals surface area contributed by atoms with Crippen molar-refractivity contribution in [3.63, 3.8) is 0 Å². The van der Waals surface area contributed by atoms with Gasteiger partial charge in [-0.05, 0) is 91.2 Å². The molecule has 0 spiro atoms. The number of nitrogens with one attached hydrogen (secondary N) is 1. The van der Waals surface area contributed by atoms with E-state index in [1.54, 1.807) is 0 Å². The van der Waals surface area contributed by atoms with E-state index in [1.807, 2.05) is 35.0 Å². The zero-order valence-electron chi connectivity index (χ0n) is 21.7. The molecule has 2 heterocycles. The average molecular weight is 473 g/mol. The lowest BCUT2D eigenvalue weighted by atomic mass is 10.0. The standard InChI is InChI=1S/C28H36N6O/c1-7-25(26-30-31-32-34(26)28(5,6)8-2)33(17-21-12-10-9-11-13-21)18-23-16-22-14-19(3)20(4)15-24(22)29-27(23)35/h9-16,25H,7-8,17-18H2,1-6H3,(H,29,35)/t25-/m1/s1. The molecule has 0 saturated heterocycles.